The Balaban J connectivity index is 2.14. The Labute approximate surface area is 146 Å². The predicted molar refractivity (Wildman–Crippen MR) is 95.0 cm³/mol. The van der Waals surface area contributed by atoms with Crippen molar-refractivity contribution in [3.8, 4) is 0 Å². The summed E-state index contributed by atoms with van der Waals surface area (Å²) < 4.78 is 0. The molecule has 1 unspecified atom stereocenters. The molecule has 25 heavy (non-hydrogen) atoms. The quantitative estimate of drug-likeness (QED) is 0.715. The SMILES string of the molecule is CCCC(NC(=O)c1cccc(Nc2nc(C)cc(C)n2)c1)C(=O)O. The van der Waals surface area contributed by atoms with Crippen molar-refractivity contribution in [1.29, 1.82) is 0 Å². The van der Waals surface area contributed by atoms with Crippen molar-refractivity contribution in [1.82, 2.24) is 15.3 Å². The Bertz CT molecular complexity index is 756. The van der Waals surface area contributed by atoms with Crippen molar-refractivity contribution >= 4 is 23.5 Å². The Morgan fingerprint density at radius 2 is 1.84 bits per heavy atom. The van der Waals surface area contributed by atoms with Crippen LogP contribution in [-0.2, 0) is 4.79 Å². The lowest BCUT2D eigenvalue weighted by Gasteiger charge is -2.14. The van der Waals surface area contributed by atoms with Gasteiger partial charge in [-0.1, -0.05) is 19.4 Å². The van der Waals surface area contributed by atoms with Crippen LogP contribution in [0.25, 0.3) is 0 Å². The number of carbonyl (C=O) groups excluding carboxylic acids is 1. The monoisotopic (exact) mass is 342 g/mol. The van der Waals surface area contributed by atoms with E-state index in [9.17, 15) is 9.59 Å². The van der Waals surface area contributed by atoms with Gasteiger partial charge in [0.05, 0.1) is 0 Å². The number of nitrogens with one attached hydrogen (secondary N) is 2. The summed E-state index contributed by atoms with van der Waals surface area (Å²) >= 11 is 0. The van der Waals surface area contributed by atoms with E-state index in [0.29, 0.717) is 30.0 Å². The summed E-state index contributed by atoms with van der Waals surface area (Å²) in [6.07, 6.45) is 1.05. The largest absolute Gasteiger partial charge is 0.480 e. The third-order valence-corrected chi connectivity index (χ3v) is 3.54. The zero-order valence-corrected chi connectivity index (χ0v) is 14.5. The van der Waals surface area contributed by atoms with Gasteiger partial charge in [0.1, 0.15) is 6.04 Å². The molecule has 2 rings (SSSR count). The number of carboxylic acids is 1. The fourth-order valence-corrected chi connectivity index (χ4v) is 2.44. The lowest BCUT2D eigenvalue weighted by molar-refractivity contribution is -0.139. The molecular formula is C18H22N4O3. The minimum Gasteiger partial charge on any atom is -0.480 e. The van der Waals surface area contributed by atoms with Crippen LogP contribution < -0.4 is 10.6 Å². The summed E-state index contributed by atoms with van der Waals surface area (Å²) in [6, 6.07) is 7.76. The molecule has 0 aliphatic heterocycles. The summed E-state index contributed by atoms with van der Waals surface area (Å²) in [7, 11) is 0. The average molecular weight is 342 g/mol. The highest BCUT2D eigenvalue weighted by atomic mass is 16.4. The molecule has 0 saturated carbocycles. The number of amides is 1. The Morgan fingerprint density at radius 1 is 1.16 bits per heavy atom. The van der Waals surface area contributed by atoms with Gasteiger partial charge in [-0.2, -0.15) is 0 Å². The van der Waals surface area contributed by atoms with E-state index in [0.717, 1.165) is 11.4 Å². The van der Waals surface area contributed by atoms with E-state index >= 15 is 0 Å². The number of aliphatic carboxylic acids is 1. The molecule has 1 heterocycles. The van der Waals surface area contributed by atoms with E-state index < -0.39 is 17.9 Å². The molecule has 0 aliphatic rings. The molecule has 2 aromatic rings. The lowest BCUT2D eigenvalue weighted by atomic mass is 10.1. The van der Waals surface area contributed by atoms with Crippen LogP contribution in [0.3, 0.4) is 0 Å². The highest BCUT2D eigenvalue weighted by molar-refractivity contribution is 5.97. The highest BCUT2D eigenvalue weighted by Gasteiger charge is 2.19. The van der Waals surface area contributed by atoms with E-state index in [1.165, 1.54) is 0 Å². The van der Waals surface area contributed by atoms with Gasteiger partial charge in [0, 0.05) is 22.6 Å². The number of aryl methyl sites for hydroxylation is 2. The van der Waals surface area contributed by atoms with Crippen LogP contribution in [0, 0.1) is 13.8 Å². The molecule has 0 aliphatic carbocycles. The van der Waals surface area contributed by atoms with Crippen molar-refractivity contribution in [2.24, 2.45) is 0 Å². The molecule has 1 aromatic heterocycles. The number of anilines is 2. The molecule has 0 spiro atoms. The van der Waals surface area contributed by atoms with Gasteiger partial charge in [-0.25, -0.2) is 14.8 Å². The van der Waals surface area contributed by atoms with Crippen LogP contribution in [0.5, 0.6) is 0 Å². The number of hydrogen-bond donors (Lipinski definition) is 3. The summed E-state index contributed by atoms with van der Waals surface area (Å²) in [4.78, 5) is 32.1. The summed E-state index contributed by atoms with van der Waals surface area (Å²) in [5.41, 5.74) is 2.71. The smallest absolute Gasteiger partial charge is 0.326 e. The zero-order chi connectivity index (χ0) is 18.4. The van der Waals surface area contributed by atoms with Crippen LogP contribution in [-0.4, -0.2) is 33.0 Å². The molecule has 0 saturated heterocycles. The maximum absolute atomic E-state index is 12.3. The number of carboxylic acid groups (broad SMARTS) is 1. The first-order valence-corrected chi connectivity index (χ1v) is 8.12. The van der Waals surface area contributed by atoms with Gasteiger partial charge >= 0.3 is 5.97 Å². The van der Waals surface area contributed by atoms with Crippen molar-refractivity contribution in [3.05, 3.63) is 47.3 Å². The van der Waals surface area contributed by atoms with E-state index in [-0.39, 0.29) is 0 Å². The normalized spacial score (nSPS) is 11.6. The number of hydrogen-bond acceptors (Lipinski definition) is 5. The maximum Gasteiger partial charge on any atom is 0.326 e. The fourth-order valence-electron chi connectivity index (χ4n) is 2.44. The van der Waals surface area contributed by atoms with Gasteiger partial charge in [0.15, 0.2) is 0 Å². The van der Waals surface area contributed by atoms with Gasteiger partial charge in [0.2, 0.25) is 5.95 Å². The molecular weight excluding hydrogens is 320 g/mol. The second-order valence-corrected chi connectivity index (χ2v) is 5.83. The third-order valence-electron chi connectivity index (χ3n) is 3.54. The van der Waals surface area contributed by atoms with Crippen LogP contribution in [0.1, 0.15) is 41.5 Å². The summed E-state index contributed by atoms with van der Waals surface area (Å²) in [5, 5.41) is 14.8. The summed E-state index contributed by atoms with van der Waals surface area (Å²) in [6.45, 7) is 5.63. The standard InChI is InChI=1S/C18H22N4O3/c1-4-6-15(17(24)25)22-16(23)13-7-5-8-14(10-13)21-18-19-11(2)9-12(3)20-18/h5,7-10,15H,4,6H2,1-3H3,(H,22,23)(H,24,25)(H,19,20,21). The highest BCUT2D eigenvalue weighted by Crippen LogP contribution is 2.16. The Hall–Kier alpha value is -2.96. The zero-order valence-electron chi connectivity index (χ0n) is 14.5. The topological polar surface area (TPSA) is 104 Å². The Kier molecular flexibility index (Phi) is 6.05. The Morgan fingerprint density at radius 3 is 2.44 bits per heavy atom. The first-order chi connectivity index (χ1) is 11.9. The van der Waals surface area contributed by atoms with Crippen molar-refractivity contribution < 1.29 is 14.7 Å². The number of carbonyl (C=O) groups is 2. The van der Waals surface area contributed by atoms with Crippen molar-refractivity contribution in [2.75, 3.05) is 5.32 Å². The number of nitrogens with zero attached hydrogens (tertiary/aromatic N) is 2. The number of rotatable bonds is 7. The molecule has 132 valence electrons. The lowest BCUT2D eigenvalue weighted by Crippen LogP contribution is -2.40. The molecule has 7 nitrogen and oxygen atoms in total. The van der Waals surface area contributed by atoms with Gasteiger partial charge in [-0.3, -0.25) is 4.79 Å². The second-order valence-electron chi connectivity index (χ2n) is 5.83. The van der Waals surface area contributed by atoms with Gasteiger partial charge in [-0.05, 0) is 44.5 Å². The predicted octanol–water partition coefficient (Wildman–Crippen LogP) is 2.82. The van der Waals surface area contributed by atoms with Crippen molar-refractivity contribution in [2.45, 2.75) is 39.7 Å². The third kappa shape index (κ3) is 5.27. The average Bonchev–Trinajstić information content (AvgIpc) is 2.53. The van der Waals surface area contributed by atoms with E-state index in [1.807, 2.05) is 26.8 Å². The second kappa shape index (κ2) is 8.23. The van der Waals surface area contributed by atoms with Gasteiger partial charge < -0.3 is 15.7 Å². The first kappa shape index (κ1) is 18.4. The fraction of sp³-hybridized carbons (Fsp3) is 0.333. The summed E-state index contributed by atoms with van der Waals surface area (Å²) in [5.74, 6) is -1.01. The van der Waals surface area contributed by atoms with Crippen LogP contribution in [0.2, 0.25) is 0 Å². The molecule has 7 heteroatoms. The minimum absolute atomic E-state index is 0.372. The van der Waals surface area contributed by atoms with Crippen LogP contribution in [0.4, 0.5) is 11.6 Å². The molecule has 0 radical (unpaired) electrons. The molecule has 1 amide bonds. The molecule has 1 aromatic carbocycles. The first-order valence-electron chi connectivity index (χ1n) is 8.12. The van der Waals surface area contributed by atoms with Crippen molar-refractivity contribution in [3.63, 3.8) is 0 Å². The van der Waals surface area contributed by atoms with Gasteiger partial charge in [0.25, 0.3) is 5.91 Å². The van der Waals surface area contributed by atoms with Crippen LogP contribution >= 0.6 is 0 Å². The van der Waals surface area contributed by atoms with Crippen LogP contribution in [0.15, 0.2) is 30.3 Å². The molecule has 0 bridgehead atoms. The van der Waals surface area contributed by atoms with E-state index in [4.69, 9.17) is 5.11 Å². The maximum atomic E-state index is 12.3. The molecule has 0 fully saturated rings. The van der Waals surface area contributed by atoms with Gasteiger partial charge in [-0.15, -0.1) is 0 Å². The minimum atomic E-state index is -1.03. The molecule has 3 N–H and O–H groups in total. The molecule has 1 atom stereocenters. The number of benzene rings is 1. The number of aromatic nitrogens is 2. The van der Waals surface area contributed by atoms with E-state index in [1.54, 1.807) is 24.3 Å². The van der Waals surface area contributed by atoms with E-state index in [2.05, 4.69) is 20.6 Å².